The third-order valence-corrected chi connectivity index (χ3v) is 16.7. The molecule has 0 unspecified atom stereocenters. The van der Waals surface area contributed by atoms with Crippen LogP contribution in [0.2, 0.25) is 0 Å². The number of hydrogen-bond acceptors (Lipinski definition) is 18. The fourth-order valence-corrected chi connectivity index (χ4v) is 10.7. The van der Waals surface area contributed by atoms with Gasteiger partial charge in [-0.2, -0.15) is 5.10 Å². The van der Waals surface area contributed by atoms with Gasteiger partial charge in [-0.15, -0.1) is 0 Å². The molecule has 1 aliphatic heterocycles. The van der Waals surface area contributed by atoms with Gasteiger partial charge in [0.25, 0.3) is 5.91 Å². The summed E-state index contributed by atoms with van der Waals surface area (Å²) >= 11 is 0. The zero-order valence-corrected chi connectivity index (χ0v) is 54.5. The van der Waals surface area contributed by atoms with Crippen molar-refractivity contribution < 1.29 is 71.0 Å². The van der Waals surface area contributed by atoms with Crippen LogP contribution in [0.25, 0.3) is 16.9 Å². The molecule has 2 aromatic heterocycles. The van der Waals surface area contributed by atoms with Crippen LogP contribution < -0.4 is 54.0 Å². The minimum Gasteiger partial charge on any atom is -0.481 e. The number of nitrogens with two attached hydrogens (primary N) is 2. The fraction of sp³-hybridized carbons (Fsp3) is 0.532. The molecule has 30 nitrogen and oxygen atoms in total. The van der Waals surface area contributed by atoms with Gasteiger partial charge in [-0.25, -0.2) is 22.9 Å². The summed E-state index contributed by atoms with van der Waals surface area (Å²) in [6.07, 6.45) is 3.65. The van der Waals surface area contributed by atoms with Gasteiger partial charge in [0.2, 0.25) is 47.3 Å². The minimum atomic E-state index is -3.48. The van der Waals surface area contributed by atoms with E-state index in [2.05, 4.69) is 57.6 Å². The first kappa shape index (κ1) is 74.6. The third kappa shape index (κ3) is 22.9. The van der Waals surface area contributed by atoms with E-state index in [4.69, 9.17) is 16.2 Å². The molecule has 93 heavy (non-hydrogen) atoms. The normalized spacial score (nSPS) is 15.7. The monoisotopic (exact) mass is 1320 g/mol. The molecule has 14 N–H and O–H groups in total. The molecule has 2 aromatic carbocycles. The molecule has 5 rings (SSSR count). The van der Waals surface area contributed by atoms with Gasteiger partial charge in [-0.05, 0) is 106 Å². The first-order chi connectivity index (χ1) is 44.0. The van der Waals surface area contributed by atoms with Crippen LogP contribution in [-0.2, 0) is 75.5 Å². The zero-order chi connectivity index (χ0) is 68.7. The molecular weight excluding hydrogens is 1230 g/mol. The number of imide groups is 1. The van der Waals surface area contributed by atoms with Gasteiger partial charge in [-0.1, -0.05) is 78.3 Å². The number of alkyl carbamates (subject to hydrolysis) is 1. The van der Waals surface area contributed by atoms with Crippen molar-refractivity contribution in [1.29, 1.82) is 0 Å². The van der Waals surface area contributed by atoms with Crippen molar-refractivity contribution in [2.45, 2.75) is 173 Å². The van der Waals surface area contributed by atoms with Gasteiger partial charge in [0, 0.05) is 43.1 Å². The molecule has 0 bridgehead atoms. The highest BCUT2D eigenvalue weighted by molar-refractivity contribution is 7.90. The maximum atomic E-state index is 14.4. The number of aromatic amines is 1. The molecule has 3 heterocycles. The predicted molar refractivity (Wildman–Crippen MR) is 339 cm³/mol. The Morgan fingerprint density at radius 1 is 0.774 bits per heavy atom. The average Bonchev–Trinajstić information content (AvgIpc) is 1.73. The second-order valence-corrected chi connectivity index (χ2v) is 25.9. The summed E-state index contributed by atoms with van der Waals surface area (Å²) in [6.45, 7) is 11.1. The number of carbonyl (C=O) groups is 11. The Labute approximate surface area is 540 Å². The third-order valence-electron chi connectivity index (χ3n) is 15.5. The van der Waals surface area contributed by atoms with E-state index in [0.717, 1.165) is 11.8 Å². The van der Waals surface area contributed by atoms with Crippen LogP contribution in [0.5, 0.6) is 0 Å². The van der Waals surface area contributed by atoms with Crippen LogP contribution >= 0.6 is 0 Å². The van der Waals surface area contributed by atoms with Crippen molar-refractivity contribution >= 4 is 75.1 Å². The van der Waals surface area contributed by atoms with Crippen molar-refractivity contribution in [3.8, 4) is 16.9 Å². The number of hydrogen-bond donors (Lipinski definition) is 12. The minimum absolute atomic E-state index is 0.0169. The number of aromatic nitrogens is 4. The summed E-state index contributed by atoms with van der Waals surface area (Å²) in [5.74, 6) is -9.29. The lowest BCUT2D eigenvalue weighted by Gasteiger charge is -2.30. The zero-order valence-electron chi connectivity index (χ0n) is 53.7. The van der Waals surface area contributed by atoms with Crippen LogP contribution in [0, 0.1) is 17.8 Å². The van der Waals surface area contributed by atoms with Gasteiger partial charge in [0.1, 0.15) is 54.6 Å². The van der Waals surface area contributed by atoms with Gasteiger partial charge in [0.15, 0.2) is 9.84 Å². The number of sulfone groups is 1. The van der Waals surface area contributed by atoms with Crippen LogP contribution in [0.4, 0.5) is 4.79 Å². The maximum absolute atomic E-state index is 14.4. The van der Waals surface area contributed by atoms with Crippen molar-refractivity contribution in [3.63, 3.8) is 0 Å². The first-order valence-corrected chi connectivity index (χ1v) is 32.9. The van der Waals surface area contributed by atoms with Crippen LogP contribution in [0.3, 0.4) is 0 Å². The molecule has 0 aliphatic carbocycles. The number of aliphatic carboxylic acids is 1. The van der Waals surface area contributed by atoms with E-state index in [0.29, 0.717) is 42.8 Å². The van der Waals surface area contributed by atoms with Crippen molar-refractivity contribution in [1.82, 2.24) is 67.2 Å². The van der Waals surface area contributed by atoms with Gasteiger partial charge in [-0.3, -0.25) is 53.3 Å². The number of nitrogens with one attached hydrogen (secondary N) is 9. The highest BCUT2D eigenvalue weighted by Gasteiger charge is 2.40. The number of rotatable bonds is 35. The number of carboxylic acid groups (broad SMARTS) is 1. The van der Waals surface area contributed by atoms with Crippen molar-refractivity contribution in [2.24, 2.45) is 29.2 Å². The lowest BCUT2D eigenvalue weighted by atomic mass is 9.97. The summed E-state index contributed by atoms with van der Waals surface area (Å²) in [6, 6.07) is 6.84. The molecular formula is C62H89N15O15S. The average molecular weight is 1320 g/mol. The number of benzene rings is 2. The van der Waals surface area contributed by atoms with Gasteiger partial charge >= 0.3 is 12.1 Å². The smallest absolute Gasteiger partial charge is 0.414 e. The summed E-state index contributed by atoms with van der Waals surface area (Å²) in [5.41, 5.74) is 14.4. The van der Waals surface area contributed by atoms with E-state index in [9.17, 15) is 66.3 Å². The van der Waals surface area contributed by atoms with Crippen molar-refractivity contribution in [3.05, 3.63) is 84.6 Å². The summed E-state index contributed by atoms with van der Waals surface area (Å²) in [5, 5.41) is 34.5. The number of amides is 10. The largest absolute Gasteiger partial charge is 0.481 e. The number of carbonyl (C=O) groups excluding carboxylic acids is 10. The van der Waals surface area contributed by atoms with E-state index < -0.39 is 155 Å². The highest BCUT2D eigenvalue weighted by atomic mass is 32.2. The lowest BCUT2D eigenvalue weighted by Crippen LogP contribution is -2.59. The molecule has 9 atom stereocenters. The summed E-state index contributed by atoms with van der Waals surface area (Å²) in [4.78, 5) is 157. The molecule has 0 saturated carbocycles. The number of carboxylic acids is 1. The molecule has 31 heteroatoms. The maximum Gasteiger partial charge on any atom is 0.414 e. The van der Waals surface area contributed by atoms with E-state index in [1.807, 2.05) is 51.1 Å². The van der Waals surface area contributed by atoms with E-state index in [1.54, 1.807) is 43.7 Å². The molecule has 508 valence electrons. The van der Waals surface area contributed by atoms with Gasteiger partial charge < -0.3 is 68.4 Å². The van der Waals surface area contributed by atoms with Crippen LogP contribution in [0.15, 0.2) is 78.1 Å². The van der Waals surface area contributed by atoms with E-state index >= 15 is 0 Å². The Morgan fingerprint density at radius 2 is 1.43 bits per heavy atom. The SMILES string of the molecule is CC[C@H](C)[C@H](N)C(=O)N[C@@H](CC(C)C)C(=O)N[C@@H](CCCCN)C(=O)N[C@@H](CCC(=O)O)C(=O)N1CCC[C@H]1C(=O)NCC(=O)N[C@@H](Cc1cnc[nH]1)C(=O)N[C@H](C(=O)N[C@@H](C)C(=O)NC(=O)OCc1cc(-c2ccccc2)n(-c2ccc(S(C)(=O)=O)cc2)n1)C(C)C. The number of ether oxygens (including phenoxy) is 1. The standard InChI is InChI=1S/C62H89N15O15S/c1-9-37(6)52(64)59(86)72-46(28-35(2)3)56(83)70-44(18-13-14-26-63)55(82)71-45(24-25-51(79)80)61(88)76-27-15-19-48(76)58(85)66-32-50(78)69-47(29-40-31-65-34-67-40)57(84)73-53(36(4)5)60(87)68-38(7)54(81)74-62(89)92-33-41-30-49(39-16-11-10-12-17-39)77(75-41)42-20-22-43(23-21-42)93(8,90)91/h10-12,16-17,20-23,30-31,34-38,44-48,52-53H,9,13-15,18-19,24-29,32-33,63-64H2,1-8H3,(H,65,67)(H,66,85)(H,68,87)(H,69,78)(H,70,83)(H,71,82)(H,72,86)(H,73,84)(H,79,80)(H,74,81,89)/t37-,38-,44-,45-,46-,47-,48-,52-,53-/m0/s1. The Hall–Kier alpha value is -9.10. The first-order valence-electron chi connectivity index (χ1n) is 31.0. The summed E-state index contributed by atoms with van der Waals surface area (Å²) in [7, 11) is -3.48. The lowest BCUT2D eigenvalue weighted by molar-refractivity contribution is -0.143. The number of H-pyrrole nitrogens is 1. The molecule has 1 aliphatic rings. The highest BCUT2D eigenvalue weighted by Crippen LogP contribution is 2.26. The number of likely N-dealkylation sites (tertiary alicyclic amines) is 1. The fourth-order valence-electron chi connectivity index (χ4n) is 10.1. The second-order valence-electron chi connectivity index (χ2n) is 23.8. The van der Waals surface area contributed by atoms with E-state index in [-0.39, 0.29) is 61.2 Å². The number of unbranched alkanes of at least 4 members (excludes halogenated alkanes) is 1. The quantitative estimate of drug-likeness (QED) is 0.0283. The number of nitrogens with zero attached hydrogens (tertiary/aromatic N) is 4. The molecule has 0 spiro atoms. The summed E-state index contributed by atoms with van der Waals surface area (Å²) < 4.78 is 31.1. The molecule has 1 saturated heterocycles. The Balaban J connectivity index is 1.20. The van der Waals surface area contributed by atoms with Crippen LogP contribution in [0.1, 0.15) is 118 Å². The molecule has 0 radical (unpaired) electrons. The van der Waals surface area contributed by atoms with Gasteiger partial charge in [0.05, 0.1) is 35.2 Å². The Morgan fingerprint density at radius 3 is 2.04 bits per heavy atom. The van der Waals surface area contributed by atoms with Crippen LogP contribution in [-0.4, -0.2) is 178 Å². The second kappa shape index (κ2) is 35.6. The predicted octanol–water partition coefficient (Wildman–Crippen LogP) is 0.767. The molecule has 1 fully saturated rings. The van der Waals surface area contributed by atoms with Crippen molar-refractivity contribution in [2.75, 3.05) is 25.9 Å². The number of imidazole rings is 1. The van der Waals surface area contributed by atoms with E-state index in [1.165, 1.54) is 36.5 Å². The Bertz CT molecular complexity index is 3350. The topological polar surface area (TPSA) is 449 Å². The molecule has 10 amide bonds. The molecule has 4 aromatic rings. The Kier molecular flexibility index (Phi) is 28.6.